The topological polar surface area (TPSA) is 57.5 Å². The van der Waals surface area contributed by atoms with Crippen molar-refractivity contribution in [3.8, 4) is 0 Å². The minimum absolute atomic E-state index is 0.00337. The number of ketones is 1. The van der Waals surface area contributed by atoms with Crippen molar-refractivity contribution < 1.29 is 15.0 Å². The fourth-order valence-electron chi connectivity index (χ4n) is 11.6. The van der Waals surface area contributed by atoms with E-state index < -0.39 is 12.2 Å². The van der Waals surface area contributed by atoms with Gasteiger partial charge in [-0.25, -0.2) is 0 Å². The first-order valence-electron chi connectivity index (χ1n) is 15.9. The number of carbonyl (C=O) groups is 1. The number of Topliss-reactive ketones (excluding diaryl/α,β-unsaturated/α-hetero) is 1. The van der Waals surface area contributed by atoms with Gasteiger partial charge in [-0.2, -0.15) is 0 Å². The second-order valence-corrected chi connectivity index (χ2v) is 16.4. The Balaban J connectivity index is 1.75. The first kappa shape index (κ1) is 29.6. The molecule has 0 heterocycles. The summed E-state index contributed by atoms with van der Waals surface area (Å²) >= 11 is 0. The summed E-state index contributed by atoms with van der Waals surface area (Å²) in [4.78, 5) is 14.8. The average Bonchev–Trinajstić information content (AvgIpc) is 2.74. The minimum Gasteiger partial charge on any atom is -0.393 e. The summed E-state index contributed by atoms with van der Waals surface area (Å²) in [6.45, 7) is 25.3. The highest BCUT2D eigenvalue weighted by atomic mass is 16.3. The van der Waals surface area contributed by atoms with Crippen LogP contribution in [0.15, 0.2) is 0 Å². The smallest absolute Gasteiger partial charge is 0.140 e. The lowest BCUT2D eigenvalue weighted by Gasteiger charge is -2.70. The Morgan fingerprint density at radius 2 is 1.62 bits per heavy atom. The van der Waals surface area contributed by atoms with Crippen molar-refractivity contribution in [1.29, 1.82) is 0 Å². The minimum atomic E-state index is -0.586. The van der Waals surface area contributed by atoms with E-state index in [0.29, 0.717) is 41.3 Å². The van der Waals surface area contributed by atoms with E-state index in [1.54, 1.807) is 0 Å². The highest BCUT2D eigenvalue weighted by molar-refractivity contribution is 5.86. The highest BCUT2D eigenvalue weighted by Gasteiger charge is 2.70. The molecule has 3 nitrogen and oxygen atoms in total. The quantitative estimate of drug-likeness (QED) is 0.395. The second-order valence-electron chi connectivity index (χ2n) is 16.4. The van der Waals surface area contributed by atoms with Crippen LogP contribution in [0.2, 0.25) is 0 Å². The molecule has 0 aromatic rings. The molecule has 2 N–H and O–H groups in total. The van der Waals surface area contributed by atoms with Crippen LogP contribution in [-0.2, 0) is 4.79 Å². The lowest BCUT2D eigenvalue weighted by atomic mass is 9.34. The molecule has 0 aromatic heterocycles. The van der Waals surface area contributed by atoms with Gasteiger partial charge in [0.25, 0.3) is 0 Å². The van der Waals surface area contributed by atoms with Crippen LogP contribution in [0.3, 0.4) is 0 Å². The molecule has 0 bridgehead atoms. The van der Waals surface area contributed by atoms with Gasteiger partial charge in [0.2, 0.25) is 0 Å². The van der Waals surface area contributed by atoms with Crippen LogP contribution in [0.5, 0.6) is 0 Å². The number of hydrogen-bond donors (Lipinski definition) is 2. The molecule has 4 saturated carbocycles. The maximum atomic E-state index is 14.8. The number of aliphatic hydroxyl groups excluding tert-OH is 2. The van der Waals surface area contributed by atoms with Crippen LogP contribution in [-0.4, -0.2) is 28.2 Å². The predicted octanol–water partition coefficient (Wildman–Crippen LogP) is 7.63. The monoisotopic (exact) mass is 516 g/mol. The average molecular weight is 517 g/mol. The Kier molecular flexibility index (Phi) is 7.91. The number of rotatable bonds is 5. The number of aliphatic hydroxyl groups is 2. The van der Waals surface area contributed by atoms with Gasteiger partial charge in [0.15, 0.2) is 0 Å². The lowest BCUT2D eigenvalue weighted by molar-refractivity contribution is -0.252. The van der Waals surface area contributed by atoms with E-state index >= 15 is 0 Å². The fraction of sp³-hybridized carbons (Fsp3) is 0.971. The highest BCUT2D eigenvalue weighted by Crippen LogP contribution is 2.72. The van der Waals surface area contributed by atoms with Crippen LogP contribution in [0, 0.1) is 81.3 Å². The van der Waals surface area contributed by atoms with Gasteiger partial charge in [0.05, 0.1) is 12.2 Å². The van der Waals surface area contributed by atoms with Crippen molar-refractivity contribution in [2.45, 2.75) is 127 Å². The van der Waals surface area contributed by atoms with Crippen LogP contribution in [0.1, 0.15) is 115 Å². The SMILES string of the molecule is CC(C)CCC1CC(C(C)C)C2CC3(C)CC4(C)CC(C)C(C(C)O)C(O)C4(C)C(C)C3C(=O)C2C1C. The van der Waals surface area contributed by atoms with Crippen LogP contribution in [0.4, 0.5) is 0 Å². The first-order chi connectivity index (χ1) is 17.0. The molecule has 0 aliphatic heterocycles. The van der Waals surface area contributed by atoms with E-state index in [9.17, 15) is 15.0 Å². The molecule has 4 fully saturated rings. The van der Waals surface area contributed by atoms with Crippen LogP contribution < -0.4 is 0 Å². The number of hydrogen-bond acceptors (Lipinski definition) is 3. The summed E-state index contributed by atoms with van der Waals surface area (Å²) in [5, 5.41) is 22.6. The largest absolute Gasteiger partial charge is 0.393 e. The maximum Gasteiger partial charge on any atom is 0.140 e. The Bertz CT molecular complexity index is 848. The molecule has 4 aliphatic carbocycles. The third-order valence-electron chi connectivity index (χ3n) is 13.5. The van der Waals surface area contributed by atoms with Gasteiger partial charge in [-0.15, -0.1) is 0 Å². The third kappa shape index (κ3) is 4.39. The first-order valence-corrected chi connectivity index (χ1v) is 15.9. The van der Waals surface area contributed by atoms with Gasteiger partial charge in [0, 0.05) is 23.2 Å². The van der Waals surface area contributed by atoms with Gasteiger partial charge in [-0.3, -0.25) is 4.79 Å². The van der Waals surface area contributed by atoms with Crippen LogP contribution >= 0.6 is 0 Å². The molecule has 4 rings (SSSR count). The Morgan fingerprint density at radius 3 is 2.16 bits per heavy atom. The van der Waals surface area contributed by atoms with E-state index in [0.717, 1.165) is 12.8 Å². The summed E-state index contributed by atoms with van der Waals surface area (Å²) in [5.74, 6) is 4.49. The molecule has 37 heavy (non-hydrogen) atoms. The normalized spacial score (nSPS) is 53.0. The van der Waals surface area contributed by atoms with Gasteiger partial charge >= 0.3 is 0 Å². The molecule has 214 valence electrons. The van der Waals surface area contributed by atoms with Crippen molar-refractivity contribution in [2.75, 3.05) is 0 Å². The van der Waals surface area contributed by atoms with Crippen molar-refractivity contribution >= 4 is 5.78 Å². The van der Waals surface area contributed by atoms with Crippen molar-refractivity contribution in [2.24, 2.45) is 81.3 Å². The molecule has 0 saturated heterocycles. The van der Waals surface area contributed by atoms with E-state index in [4.69, 9.17) is 0 Å². The Hall–Kier alpha value is -0.410. The molecule has 14 atom stereocenters. The zero-order valence-electron chi connectivity index (χ0n) is 26.1. The van der Waals surface area contributed by atoms with Gasteiger partial charge < -0.3 is 10.2 Å². The molecule has 4 aliphatic rings. The maximum absolute atomic E-state index is 14.8. The second kappa shape index (κ2) is 9.90. The van der Waals surface area contributed by atoms with E-state index in [1.807, 2.05) is 6.92 Å². The lowest BCUT2D eigenvalue weighted by Crippen LogP contribution is -2.70. The Labute approximate surface area is 229 Å². The van der Waals surface area contributed by atoms with Crippen molar-refractivity contribution in [3.05, 3.63) is 0 Å². The molecule has 0 aromatic carbocycles. The summed E-state index contributed by atoms with van der Waals surface area (Å²) in [6.07, 6.45) is 5.87. The van der Waals surface area contributed by atoms with Crippen molar-refractivity contribution in [3.63, 3.8) is 0 Å². The summed E-state index contributed by atoms with van der Waals surface area (Å²) in [5.41, 5.74) is -0.427. The number of carbonyl (C=O) groups excluding carboxylic acids is 1. The molecule has 3 heteroatoms. The van der Waals surface area contributed by atoms with Gasteiger partial charge in [0.1, 0.15) is 5.78 Å². The van der Waals surface area contributed by atoms with E-state index in [-0.39, 0.29) is 45.8 Å². The molecule has 0 radical (unpaired) electrons. The molecule has 0 amide bonds. The summed E-state index contributed by atoms with van der Waals surface area (Å²) < 4.78 is 0. The molecular weight excluding hydrogens is 456 g/mol. The number of fused-ring (bicyclic) bond motifs is 3. The fourth-order valence-corrected chi connectivity index (χ4v) is 11.6. The molecule has 14 unspecified atom stereocenters. The van der Waals surface area contributed by atoms with Crippen molar-refractivity contribution in [1.82, 2.24) is 0 Å². The van der Waals surface area contributed by atoms with Gasteiger partial charge in [-0.05, 0) is 97.2 Å². The van der Waals surface area contributed by atoms with Gasteiger partial charge in [-0.1, -0.05) is 75.7 Å². The summed E-state index contributed by atoms with van der Waals surface area (Å²) in [6, 6.07) is 0. The zero-order chi connectivity index (χ0) is 27.8. The molecule has 0 spiro atoms. The van der Waals surface area contributed by atoms with E-state index in [2.05, 4.69) is 69.2 Å². The zero-order valence-corrected chi connectivity index (χ0v) is 26.1. The molecular formula is C34H60O3. The summed E-state index contributed by atoms with van der Waals surface area (Å²) in [7, 11) is 0. The third-order valence-corrected chi connectivity index (χ3v) is 13.5. The standard InChI is InChI=1S/C34H60O3/c1-18(2)12-13-24-14-25(19(3)4)26-16-32(9)17-33(10)15-20(5)27(23(8)35)31(37)34(33,11)22(7)29(32)30(36)28(26)21(24)6/h18-29,31,35,37H,12-17H2,1-11H3. The Morgan fingerprint density at radius 1 is 1.00 bits per heavy atom. The van der Waals surface area contributed by atoms with Crippen LogP contribution in [0.25, 0.3) is 0 Å². The predicted molar refractivity (Wildman–Crippen MR) is 153 cm³/mol. The van der Waals surface area contributed by atoms with E-state index in [1.165, 1.54) is 25.7 Å².